The summed E-state index contributed by atoms with van der Waals surface area (Å²) in [5.74, 6) is -0.526. The third kappa shape index (κ3) is 8.61. The maximum Gasteiger partial charge on any atom is 0.407 e. The summed E-state index contributed by atoms with van der Waals surface area (Å²) in [5.41, 5.74) is 0. The second kappa shape index (κ2) is 9.50. The minimum absolute atomic E-state index is 0.0294. The number of esters is 1. The highest BCUT2D eigenvalue weighted by molar-refractivity contribution is 5.81. The zero-order valence-electron chi connectivity index (χ0n) is 11.4. The molecule has 1 amide bonds. The van der Waals surface area contributed by atoms with Gasteiger partial charge in [0.1, 0.15) is 12.7 Å². The SMILES string of the molecule is C=CC(=O)OCC(C)OC(=O)NC(C)CCCC. The molecular formula is C13H23NO4. The van der Waals surface area contributed by atoms with Gasteiger partial charge in [0.05, 0.1) is 0 Å². The Morgan fingerprint density at radius 1 is 1.39 bits per heavy atom. The van der Waals surface area contributed by atoms with E-state index in [-0.39, 0.29) is 12.6 Å². The van der Waals surface area contributed by atoms with Crippen LogP contribution in [0.1, 0.15) is 40.0 Å². The molecule has 0 aromatic heterocycles. The second-order valence-corrected chi connectivity index (χ2v) is 4.24. The van der Waals surface area contributed by atoms with Crippen molar-refractivity contribution in [1.82, 2.24) is 5.32 Å². The van der Waals surface area contributed by atoms with Crippen LogP contribution >= 0.6 is 0 Å². The Hall–Kier alpha value is -1.52. The van der Waals surface area contributed by atoms with Crippen molar-refractivity contribution in [2.75, 3.05) is 6.61 Å². The lowest BCUT2D eigenvalue weighted by atomic mass is 10.1. The maximum absolute atomic E-state index is 11.4. The summed E-state index contributed by atoms with van der Waals surface area (Å²) in [5, 5.41) is 2.73. The molecule has 1 N–H and O–H groups in total. The molecule has 0 aliphatic rings. The topological polar surface area (TPSA) is 64.6 Å². The first-order valence-electron chi connectivity index (χ1n) is 6.25. The normalized spacial score (nSPS) is 13.3. The Morgan fingerprint density at radius 3 is 2.61 bits per heavy atom. The average Bonchev–Trinajstić information content (AvgIpc) is 2.33. The van der Waals surface area contributed by atoms with E-state index in [0.717, 1.165) is 25.3 Å². The van der Waals surface area contributed by atoms with Gasteiger partial charge in [-0.25, -0.2) is 9.59 Å². The van der Waals surface area contributed by atoms with Gasteiger partial charge in [-0.05, 0) is 20.3 Å². The number of carbonyl (C=O) groups is 2. The van der Waals surface area contributed by atoms with Crippen LogP contribution in [0, 0.1) is 0 Å². The molecule has 0 spiro atoms. The molecule has 0 aliphatic carbocycles. The summed E-state index contributed by atoms with van der Waals surface area (Å²) in [6, 6.07) is 0.0837. The Balaban J connectivity index is 3.79. The predicted octanol–water partition coefficient (Wildman–Crippen LogP) is 2.41. The molecule has 2 unspecified atom stereocenters. The van der Waals surface area contributed by atoms with Crippen LogP contribution in [0.3, 0.4) is 0 Å². The van der Waals surface area contributed by atoms with E-state index < -0.39 is 18.2 Å². The van der Waals surface area contributed by atoms with E-state index in [2.05, 4.69) is 18.8 Å². The Morgan fingerprint density at radius 2 is 2.06 bits per heavy atom. The number of ether oxygens (including phenoxy) is 2. The highest BCUT2D eigenvalue weighted by Crippen LogP contribution is 2.01. The highest BCUT2D eigenvalue weighted by Gasteiger charge is 2.13. The molecule has 0 rings (SSSR count). The van der Waals surface area contributed by atoms with Gasteiger partial charge in [-0.3, -0.25) is 0 Å². The summed E-state index contributed by atoms with van der Waals surface area (Å²) in [6.07, 6.45) is 3.18. The molecular weight excluding hydrogens is 234 g/mol. The number of hydrogen-bond acceptors (Lipinski definition) is 4. The molecule has 5 heteroatoms. The molecule has 2 atom stereocenters. The van der Waals surface area contributed by atoms with Crippen LogP contribution in [0.2, 0.25) is 0 Å². The van der Waals surface area contributed by atoms with Gasteiger partial charge >= 0.3 is 12.1 Å². The van der Waals surface area contributed by atoms with Crippen molar-refractivity contribution in [3.63, 3.8) is 0 Å². The van der Waals surface area contributed by atoms with Crippen molar-refractivity contribution in [1.29, 1.82) is 0 Å². The van der Waals surface area contributed by atoms with Crippen LogP contribution < -0.4 is 5.32 Å². The molecule has 0 aromatic carbocycles. The second-order valence-electron chi connectivity index (χ2n) is 4.24. The van der Waals surface area contributed by atoms with Gasteiger partial charge in [-0.1, -0.05) is 26.3 Å². The summed E-state index contributed by atoms with van der Waals surface area (Å²) in [6.45, 7) is 8.99. The third-order valence-corrected chi connectivity index (χ3v) is 2.29. The van der Waals surface area contributed by atoms with Gasteiger partial charge in [0.25, 0.3) is 0 Å². The number of hydrogen-bond donors (Lipinski definition) is 1. The molecule has 0 saturated carbocycles. The smallest absolute Gasteiger partial charge is 0.407 e. The van der Waals surface area contributed by atoms with Crippen molar-refractivity contribution < 1.29 is 19.1 Å². The molecule has 0 heterocycles. The molecule has 0 fully saturated rings. The standard InChI is InChI=1S/C13H23NO4/c1-5-7-8-10(3)14-13(16)18-11(4)9-17-12(15)6-2/h6,10-11H,2,5,7-9H2,1,3-4H3,(H,14,16). The van der Waals surface area contributed by atoms with Crippen molar-refractivity contribution in [3.8, 4) is 0 Å². The number of nitrogens with one attached hydrogen (secondary N) is 1. The van der Waals surface area contributed by atoms with E-state index in [1.54, 1.807) is 6.92 Å². The van der Waals surface area contributed by atoms with E-state index in [1.807, 2.05) is 6.92 Å². The van der Waals surface area contributed by atoms with Gasteiger partial charge in [0.2, 0.25) is 0 Å². The quantitative estimate of drug-likeness (QED) is 0.535. The van der Waals surface area contributed by atoms with Crippen molar-refractivity contribution in [2.24, 2.45) is 0 Å². The van der Waals surface area contributed by atoms with E-state index >= 15 is 0 Å². The van der Waals surface area contributed by atoms with E-state index in [1.165, 1.54) is 0 Å². The van der Waals surface area contributed by atoms with E-state index in [0.29, 0.717) is 0 Å². The number of carbonyl (C=O) groups excluding carboxylic acids is 2. The first-order chi connectivity index (χ1) is 8.49. The molecule has 0 bridgehead atoms. The summed E-state index contributed by atoms with van der Waals surface area (Å²) in [7, 11) is 0. The minimum atomic E-state index is -0.526. The number of amides is 1. The van der Waals surface area contributed by atoms with E-state index in [9.17, 15) is 9.59 Å². The van der Waals surface area contributed by atoms with Gasteiger partial charge in [-0.15, -0.1) is 0 Å². The lowest BCUT2D eigenvalue weighted by Gasteiger charge is -2.17. The maximum atomic E-state index is 11.4. The first kappa shape index (κ1) is 16.5. The van der Waals surface area contributed by atoms with Crippen LogP contribution in [0.4, 0.5) is 4.79 Å². The van der Waals surface area contributed by atoms with Gasteiger partial charge < -0.3 is 14.8 Å². The fourth-order valence-corrected chi connectivity index (χ4v) is 1.29. The predicted molar refractivity (Wildman–Crippen MR) is 69.2 cm³/mol. The summed E-state index contributed by atoms with van der Waals surface area (Å²) >= 11 is 0. The van der Waals surface area contributed by atoms with Crippen molar-refractivity contribution in [2.45, 2.75) is 52.2 Å². The lowest BCUT2D eigenvalue weighted by molar-refractivity contribution is -0.140. The monoisotopic (exact) mass is 257 g/mol. The van der Waals surface area contributed by atoms with Crippen LogP contribution in [0.15, 0.2) is 12.7 Å². The molecule has 5 nitrogen and oxygen atoms in total. The third-order valence-electron chi connectivity index (χ3n) is 2.29. The van der Waals surface area contributed by atoms with E-state index in [4.69, 9.17) is 9.47 Å². The molecule has 0 radical (unpaired) electrons. The molecule has 0 aromatic rings. The van der Waals surface area contributed by atoms with Crippen molar-refractivity contribution in [3.05, 3.63) is 12.7 Å². The lowest BCUT2D eigenvalue weighted by Crippen LogP contribution is -2.36. The Kier molecular flexibility index (Phi) is 8.70. The Bertz CT molecular complexity index is 278. The minimum Gasteiger partial charge on any atom is -0.459 e. The number of unbranched alkanes of at least 4 members (excludes halogenated alkanes) is 1. The van der Waals surface area contributed by atoms with Crippen LogP contribution in [0.25, 0.3) is 0 Å². The zero-order valence-corrected chi connectivity index (χ0v) is 11.4. The first-order valence-corrected chi connectivity index (χ1v) is 6.25. The molecule has 0 aliphatic heterocycles. The van der Waals surface area contributed by atoms with Crippen LogP contribution in [-0.2, 0) is 14.3 Å². The molecule has 18 heavy (non-hydrogen) atoms. The van der Waals surface area contributed by atoms with Gasteiger partial charge in [-0.2, -0.15) is 0 Å². The number of rotatable bonds is 8. The Labute approximate surface area is 109 Å². The summed E-state index contributed by atoms with van der Waals surface area (Å²) in [4.78, 5) is 22.2. The largest absolute Gasteiger partial charge is 0.459 e. The van der Waals surface area contributed by atoms with Crippen molar-refractivity contribution >= 4 is 12.1 Å². The van der Waals surface area contributed by atoms with Crippen LogP contribution in [-0.4, -0.2) is 30.8 Å². The van der Waals surface area contributed by atoms with Gasteiger partial charge in [0.15, 0.2) is 0 Å². The molecule has 104 valence electrons. The fraction of sp³-hybridized carbons (Fsp3) is 0.692. The molecule has 0 saturated heterocycles. The highest BCUT2D eigenvalue weighted by atomic mass is 16.6. The van der Waals surface area contributed by atoms with Crippen LogP contribution in [0.5, 0.6) is 0 Å². The van der Waals surface area contributed by atoms with Gasteiger partial charge in [0, 0.05) is 12.1 Å². The summed E-state index contributed by atoms with van der Waals surface area (Å²) < 4.78 is 9.80. The number of alkyl carbamates (subject to hydrolysis) is 1. The fourth-order valence-electron chi connectivity index (χ4n) is 1.29. The zero-order chi connectivity index (χ0) is 14.0. The average molecular weight is 257 g/mol.